The second kappa shape index (κ2) is 13.7. The summed E-state index contributed by atoms with van der Waals surface area (Å²) in [6.07, 6.45) is 12.8. The van der Waals surface area contributed by atoms with E-state index in [0.717, 1.165) is 65.7 Å². The van der Waals surface area contributed by atoms with Crippen LogP contribution in [0.2, 0.25) is 0 Å². The van der Waals surface area contributed by atoms with Gasteiger partial charge in [-0.3, -0.25) is 19.4 Å². The summed E-state index contributed by atoms with van der Waals surface area (Å²) >= 11 is 0. The molecule has 2 atom stereocenters. The van der Waals surface area contributed by atoms with Crippen molar-refractivity contribution in [3.63, 3.8) is 0 Å². The summed E-state index contributed by atoms with van der Waals surface area (Å²) in [4.78, 5) is 23.6. The lowest BCUT2D eigenvalue weighted by molar-refractivity contribution is -0.136. The number of carboxylic acids is 1. The summed E-state index contributed by atoms with van der Waals surface area (Å²) in [5.74, 6) is 1.34. The van der Waals surface area contributed by atoms with Gasteiger partial charge in [0.25, 0.3) is 0 Å². The summed E-state index contributed by atoms with van der Waals surface area (Å²) in [6.45, 7) is 11.6. The zero-order valence-electron chi connectivity index (χ0n) is 26.1. The fourth-order valence-corrected chi connectivity index (χ4v) is 6.15. The quantitative estimate of drug-likeness (QED) is 0.359. The van der Waals surface area contributed by atoms with Crippen molar-refractivity contribution >= 4 is 11.7 Å². The molecule has 3 aromatic heterocycles. The second-order valence-corrected chi connectivity index (χ2v) is 12.8. The number of hydrogen-bond acceptors (Lipinski definition) is 7. The number of aryl methyl sites for hydroxylation is 3. The molecule has 2 unspecified atom stereocenters. The average Bonchev–Trinajstić information content (AvgIpc) is 3.25. The molecule has 1 aliphatic carbocycles. The summed E-state index contributed by atoms with van der Waals surface area (Å²) in [7, 11) is 1.92. The van der Waals surface area contributed by atoms with Crippen LogP contribution in [0, 0.1) is 25.7 Å². The molecule has 0 bridgehead atoms. The van der Waals surface area contributed by atoms with Crippen molar-refractivity contribution in [3.8, 4) is 17.0 Å². The number of fused-ring (bicyclic) bond motifs is 1. The van der Waals surface area contributed by atoms with Crippen LogP contribution in [0.15, 0.2) is 30.7 Å². The number of nitrogens with zero attached hydrogens (tertiary/aromatic N) is 5. The summed E-state index contributed by atoms with van der Waals surface area (Å²) in [6, 6.07) is 3.89. The highest BCUT2D eigenvalue weighted by Gasteiger charge is 2.33. The molecule has 42 heavy (non-hydrogen) atoms. The number of carbonyl (C=O) groups is 1. The van der Waals surface area contributed by atoms with E-state index in [-0.39, 0.29) is 6.42 Å². The minimum atomic E-state index is -0.837. The Labute approximate surface area is 250 Å². The number of pyridine rings is 2. The van der Waals surface area contributed by atoms with Crippen molar-refractivity contribution in [1.82, 2.24) is 19.7 Å². The summed E-state index contributed by atoms with van der Waals surface area (Å²) < 4.78 is 7.79. The van der Waals surface area contributed by atoms with Gasteiger partial charge in [0.05, 0.1) is 41.9 Å². The molecule has 4 heterocycles. The topological polar surface area (TPSA) is 114 Å². The molecule has 0 radical (unpaired) electrons. The number of hydrogen-bond donors (Lipinski definition) is 2. The number of rotatable bonds is 8. The highest BCUT2D eigenvalue weighted by molar-refractivity contribution is 5.83. The van der Waals surface area contributed by atoms with E-state index in [0.29, 0.717) is 18.3 Å². The van der Waals surface area contributed by atoms with Gasteiger partial charge in [0, 0.05) is 55.8 Å². The first-order valence-corrected chi connectivity index (χ1v) is 15.1. The van der Waals surface area contributed by atoms with E-state index in [9.17, 15) is 9.90 Å². The number of carboxylic acid groups (broad SMARTS) is 1. The maximum Gasteiger partial charge on any atom is 0.307 e. The monoisotopic (exact) mass is 577 g/mol. The van der Waals surface area contributed by atoms with Gasteiger partial charge in [-0.15, -0.1) is 0 Å². The smallest absolute Gasteiger partial charge is 0.307 e. The maximum atomic E-state index is 11.8. The van der Waals surface area contributed by atoms with Gasteiger partial charge in [-0.2, -0.15) is 5.10 Å². The van der Waals surface area contributed by atoms with Crippen molar-refractivity contribution < 1.29 is 19.7 Å². The molecule has 1 saturated carbocycles. The molecule has 0 aromatic carbocycles. The van der Waals surface area contributed by atoms with Crippen LogP contribution >= 0.6 is 0 Å². The third-order valence-electron chi connectivity index (χ3n) is 8.07. The van der Waals surface area contributed by atoms with E-state index >= 15 is 0 Å². The van der Waals surface area contributed by atoms with Crippen LogP contribution in [0.25, 0.3) is 11.3 Å². The Bertz CT molecular complexity index is 1340. The van der Waals surface area contributed by atoms with E-state index < -0.39 is 11.6 Å². The molecular formula is C33H47N5O4. The molecule has 2 N–H and O–H groups in total. The normalized spacial score (nSPS) is 18.6. The highest BCUT2D eigenvalue weighted by atomic mass is 16.5. The van der Waals surface area contributed by atoms with Crippen molar-refractivity contribution in [2.75, 3.05) is 24.6 Å². The van der Waals surface area contributed by atoms with Crippen molar-refractivity contribution in [1.29, 1.82) is 0 Å². The van der Waals surface area contributed by atoms with Gasteiger partial charge in [0.2, 0.25) is 0 Å². The summed E-state index contributed by atoms with van der Waals surface area (Å²) in [5.41, 5.74) is 5.95. The van der Waals surface area contributed by atoms with E-state index in [1.54, 1.807) is 27.0 Å². The van der Waals surface area contributed by atoms with E-state index in [1.165, 1.54) is 31.2 Å². The van der Waals surface area contributed by atoms with Gasteiger partial charge in [-0.25, -0.2) is 0 Å². The van der Waals surface area contributed by atoms with Gasteiger partial charge in [0.1, 0.15) is 5.75 Å². The van der Waals surface area contributed by atoms with Crippen LogP contribution in [-0.4, -0.2) is 61.2 Å². The van der Waals surface area contributed by atoms with Crippen molar-refractivity contribution in [2.24, 2.45) is 18.9 Å². The molecule has 9 nitrogen and oxygen atoms in total. The molecule has 2 fully saturated rings. The van der Waals surface area contributed by atoms with Crippen LogP contribution < -0.4 is 9.64 Å². The average molecular weight is 578 g/mol. The SMILES string of the molecule is CC(C)(C)O.Cc1nn(C)cc1CCOc1ccc(-c2cnc(C)c(CC(=O)O)c2N2CCC3CCCCC3C2)nc1. The molecule has 1 aliphatic heterocycles. The molecule has 0 spiro atoms. The van der Waals surface area contributed by atoms with Crippen LogP contribution in [0.1, 0.15) is 75.4 Å². The van der Waals surface area contributed by atoms with Crippen molar-refractivity contribution in [2.45, 2.75) is 85.2 Å². The predicted octanol–water partition coefficient (Wildman–Crippen LogP) is 5.54. The lowest BCUT2D eigenvalue weighted by Gasteiger charge is -2.43. The van der Waals surface area contributed by atoms with Crippen LogP contribution in [-0.2, 0) is 24.7 Å². The molecule has 228 valence electrons. The van der Waals surface area contributed by atoms with Crippen LogP contribution in [0.4, 0.5) is 5.69 Å². The molecular weight excluding hydrogens is 530 g/mol. The largest absolute Gasteiger partial charge is 0.492 e. The fourth-order valence-electron chi connectivity index (χ4n) is 6.15. The first-order chi connectivity index (χ1) is 19.9. The maximum absolute atomic E-state index is 11.8. The second-order valence-electron chi connectivity index (χ2n) is 12.8. The Morgan fingerprint density at radius 2 is 1.76 bits per heavy atom. The Morgan fingerprint density at radius 3 is 2.38 bits per heavy atom. The van der Waals surface area contributed by atoms with E-state index in [2.05, 4.69) is 15.0 Å². The minimum absolute atomic E-state index is 0.0401. The first kappa shape index (κ1) is 31.5. The van der Waals surface area contributed by atoms with Crippen molar-refractivity contribution in [3.05, 3.63) is 53.2 Å². The van der Waals surface area contributed by atoms with Gasteiger partial charge in [0.15, 0.2) is 0 Å². The number of piperidine rings is 1. The van der Waals surface area contributed by atoms with E-state index in [1.807, 2.05) is 50.1 Å². The van der Waals surface area contributed by atoms with E-state index in [4.69, 9.17) is 14.8 Å². The third kappa shape index (κ3) is 8.53. The molecule has 3 aromatic rings. The number of ether oxygens (including phenoxy) is 1. The Morgan fingerprint density at radius 1 is 1.05 bits per heavy atom. The first-order valence-electron chi connectivity index (χ1n) is 15.1. The zero-order valence-corrected chi connectivity index (χ0v) is 26.1. The Hall–Kier alpha value is -3.46. The molecule has 9 heteroatoms. The highest BCUT2D eigenvalue weighted by Crippen LogP contribution is 2.42. The number of aliphatic hydroxyl groups is 1. The van der Waals surface area contributed by atoms with Gasteiger partial charge >= 0.3 is 5.97 Å². The Kier molecular flexibility index (Phi) is 10.2. The van der Waals surface area contributed by atoms with Crippen LogP contribution in [0.3, 0.4) is 0 Å². The van der Waals surface area contributed by atoms with Gasteiger partial charge in [-0.1, -0.05) is 19.3 Å². The number of aliphatic carboxylic acids is 1. The lowest BCUT2D eigenvalue weighted by atomic mass is 9.75. The molecule has 2 aliphatic rings. The standard InChI is InChI=1S/C29H37N5O3.C4H10O/c1-19-22(17-33(3)32-19)11-13-37-24-8-9-27(31-15-24)26-16-30-20(2)25(14-28(35)36)29(26)34-12-10-21-6-4-5-7-23(21)18-34;1-4(2,3)5/h8-9,15-17,21,23H,4-7,10-14,18H2,1-3H3,(H,35,36);5H,1-3H3. The number of anilines is 1. The number of aromatic nitrogens is 4. The lowest BCUT2D eigenvalue weighted by Crippen LogP contribution is -2.42. The molecule has 5 rings (SSSR count). The van der Waals surface area contributed by atoms with Crippen LogP contribution in [0.5, 0.6) is 5.75 Å². The minimum Gasteiger partial charge on any atom is -0.492 e. The molecule has 1 saturated heterocycles. The fraction of sp³-hybridized carbons (Fsp3) is 0.576. The molecule has 0 amide bonds. The summed E-state index contributed by atoms with van der Waals surface area (Å²) in [5, 5.41) is 22.6. The predicted molar refractivity (Wildman–Crippen MR) is 165 cm³/mol. The van der Waals surface area contributed by atoms with Gasteiger partial charge < -0.3 is 19.8 Å². The Balaban J connectivity index is 0.000000748. The zero-order chi connectivity index (χ0) is 30.4. The van der Waals surface area contributed by atoms with Gasteiger partial charge in [-0.05, 0) is 77.0 Å². The third-order valence-corrected chi connectivity index (χ3v) is 8.07.